The summed E-state index contributed by atoms with van der Waals surface area (Å²) in [6.07, 6.45) is 3.26. The first kappa shape index (κ1) is 13.7. The van der Waals surface area contributed by atoms with Gasteiger partial charge in [0.1, 0.15) is 5.88 Å². The van der Waals surface area contributed by atoms with Crippen molar-refractivity contribution in [3.05, 3.63) is 12.4 Å². The number of rotatable bonds is 3. The van der Waals surface area contributed by atoms with Gasteiger partial charge in [0.25, 0.3) is 0 Å². The molecule has 1 N–H and O–H groups in total. The Morgan fingerprint density at radius 1 is 1.39 bits per heavy atom. The monoisotopic (exact) mass is 272 g/mol. The Morgan fingerprint density at radius 2 is 1.94 bits per heavy atom. The third-order valence-electron chi connectivity index (χ3n) is 3.42. The zero-order valence-electron chi connectivity index (χ0n) is 10.9. The number of hydrogen-bond donors (Lipinski definition) is 1. The Bertz CT molecular complexity index is 458. The molecule has 100 valence electrons. The smallest absolute Gasteiger partial charge is 0.399 e. The standard InChI is InChI=1S/C10H17BN2O4S/c1-9(2)10(3,4)17-11(16-9)8-5-12-13(6-8)7-18(14)15/h5-6H,7H2,1-4H3,(H,14,15). The normalized spacial score (nSPS) is 23.3. The Labute approximate surface area is 109 Å². The lowest BCUT2D eigenvalue weighted by molar-refractivity contribution is 0.00578. The number of aromatic nitrogens is 2. The van der Waals surface area contributed by atoms with Gasteiger partial charge in [0, 0.05) is 17.9 Å². The molecular formula is C10H17BN2O4S. The van der Waals surface area contributed by atoms with Gasteiger partial charge in [-0.05, 0) is 27.7 Å². The first-order chi connectivity index (χ1) is 8.21. The average molecular weight is 272 g/mol. The highest BCUT2D eigenvalue weighted by atomic mass is 32.2. The number of hydrogen-bond acceptors (Lipinski definition) is 4. The summed E-state index contributed by atoms with van der Waals surface area (Å²) in [5, 5.41) is 4.00. The van der Waals surface area contributed by atoms with Gasteiger partial charge >= 0.3 is 7.12 Å². The van der Waals surface area contributed by atoms with Gasteiger partial charge in [0.05, 0.1) is 11.2 Å². The van der Waals surface area contributed by atoms with E-state index in [2.05, 4.69) is 5.10 Å². The van der Waals surface area contributed by atoms with Crippen LogP contribution >= 0.6 is 0 Å². The lowest BCUT2D eigenvalue weighted by Gasteiger charge is -2.32. The molecule has 0 aliphatic carbocycles. The fourth-order valence-electron chi connectivity index (χ4n) is 1.66. The topological polar surface area (TPSA) is 73.6 Å². The average Bonchev–Trinajstić information content (AvgIpc) is 2.70. The second kappa shape index (κ2) is 4.45. The van der Waals surface area contributed by atoms with E-state index >= 15 is 0 Å². The molecule has 0 spiro atoms. The molecule has 8 heteroatoms. The van der Waals surface area contributed by atoms with Crippen LogP contribution in [0.5, 0.6) is 0 Å². The maximum absolute atomic E-state index is 10.7. The van der Waals surface area contributed by atoms with E-state index in [0.717, 1.165) is 5.46 Å². The van der Waals surface area contributed by atoms with Crippen molar-refractivity contribution in [2.75, 3.05) is 0 Å². The van der Waals surface area contributed by atoms with Gasteiger partial charge in [-0.2, -0.15) is 5.10 Å². The predicted octanol–water partition coefficient (Wildman–Crippen LogP) is 0.361. The molecule has 1 aromatic rings. The lowest BCUT2D eigenvalue weighted by Crippen LogP contribution is -2.41. The SMILES string of the molecule is CC1(C)OB(c2cnn(CS(=O)O)c2)OC1(C)C. The molecule has 2 rings (SSSR count). The summed E-state index contributed by atoms with van der Waals surface area (Å²) in [6, 6.07) is 0. The fraction of sp³-hybridized carbons (Fsp3) is 0.700. The van der Waals surface area contributed by atoms with Crippen LogP contribution in [0.4, 0.5) is 0 Å². The number of nitrogens with zero attached hydrogens (tertiary/aromatic N) is 2. The van der Waals surface area contributed by atoms with Crippen molar-refractivity contribution in [1.29, 1.82) is 0 Å². The molecule has 0 radical (unpaired) electrons. The molecule has 0 bridgehead atoms. The minimum atomic E-state index is -1.92. The van der Waals surface area contributed by atoms with E-state index in [4.69, 9.17) is 13.9 Å². The molecule has 1 saturated heterocycles. The summed E-state index contributed by atoms with van der Waals surface area (Å²) < 4.78 is 32.6. The summed E-state index contributed by atoms with van der Waals surface area (Å²) in [5.74, 6) is -0.0560. The van der Waals surface area contributed by atoms with Crippen molar-refractivity contribution >= 4 is 23.7 Å². The highest BCUT2D eigenvalue weighted by Gasteiger charge is 2.52. The Balaban J connectivity index is 2.15. The molecular weight excluding hydrogens is 255 g/mol. The van der Waals surface area contributed by atoms with E-state index in [1.807, 2.05) is 27.7 Å². The summed E-state index contributed by atoms with van der Waals surface area (Å²) in [5.41, 5.74) is -0.0573. The largest absolute Gasteiger partial charge is 0.498 e. The Kier molecular flexibility index (Phi) is 3.39. The molecule has 1 aliphatic rings. The second-order valence-corrected chi connectivity index (χ2v) is 6.25. The van der Waals surface area contributed by atoms with Crippen molar-refractivity contribution in [2.24, 2.45) is 0 Å². The van der Waals surface area contributed by atoms with Crippen LogP contribution in [0.1, 0.15) is 27.7 Å². The van der Waals surface area contributed by atoms with Crippen LogP contribution in [-0.4, -0.2) is 36.9 Å². The summed E-state index contributed by atoms with van der Waals surface area (Å²) in [7, 11) is -0.490. The van der Waals surface area contributed by atoms with Crippen LogP contribution in [-0.2, 0) is 26.3 Å². The zero-order valence-corrected chi connectivity index (χ0v) is 11.7. The van der Waals surface area contributed by atoms with Gasteiger partial charge in [0.2, 0.25) is 0 Å². The van der Waals surface area contributed by atoms with Crippen molar-refractivity contribution in [3.8, 4) is 0 Å². The fourth-order valence-corrected chi connectivity index (χ4v) is 2.03. The third kappa shape index (κ3) is 2.51. The van der Waals surface area contributed by atoms with Crippen LogP contribution in [0.2, 0.25) is 0 Å². The quantitative estimate of drug-likeness (QED) is 0.635. The summed E-state index contributed by atoms with van der Waals surface area (Å²) in [4.78, 5) is 0. The maximum atomic E-state index is 10.7. The van der Waals surface area contributed by atoms with Gasteiger partial charge in [-0.25, -0.2) is 4.21 Å². The van der Waals surface area contributed by atoms with E-state index < -0.39 is 29.4 Å². The molecule has 18 heavy (non-hydrogen) atoms. The first-order valence-corrected chi connectivity index (χ1v) is 6.94. The first-order valence-electron chi connectivity index (χ1n) is 5.67. The van der Waals surface area contributed by atoms with E-state index in [9.17, 15) is 4.21 Å². The Hall–Kier alpha value is -0.695. The van der Waals surface area contributed by atoms with Crippen molar-refractivity contribution in [3.63, 3.8) is 0 Å². The molecule has 0 saturated carbocycles. The van der Waals surface area contributed by atoms with Gasteiger partial charge in [0.15, 0.2) is 11.1 Å². The van der Waals surface area contributed by atoms with Gasteiger partial charge in [-0.15, -0.1) is 0 Å². The van der Waals surface area contributed by atoms with E-state index in [1.165, 1.54) is 4.68 Å². The van der Waals surface area contributed by atoms with Crippen LogP contribution < -0.4 is 5.46 Å². The lowest BCUT2D eigenvalue weighted by atomic mass is 9.82. The zero-order chi connectivity index (χ0) is 13.6. The molecule has 1 aromatic heterocycles. The van der Waals surface area contributed by atoms with Crippen molar-refractivity contribution < 1.29 is 18.1 Å². The van der Waals surface area contributed by atoms with E-state index in [-0.39, 0.29) is 5.88 Å². The summed E-state index contributed by atoms with van der Waals surface area (Å²) in [6.45, 7) is 7.89. The highest BCUT2D eigenvalue weighted by molar-refractivity contribution is 7.78. The molecule has 2 heterocycles. The highest BCUT2D eigenvalue weighted by Crippen LogP contribution is 2.36. The third-order valence-corrected chi connectivity index (χ3v) is 3.91. The molecule has 6 nitrogen and oxygen atoms in total. The van der Waals surface area contributed by atoms with Crippen LogP contribution in [0, 0.1) is 0 Å². The summed E-state index contributed by atoms with van der Waals surface area (Å²) >= 11 is -1.92. The van der Waals surface area contributed by atoms with Gasteiger partial charge in [-0.3, -0.25) is 4.68 Å². The molecule has 0 aromatic carbocycles. The Morgan fingerprint density at radius 3 is 2.44 bits per heavy atom. The van der Waals surface area contributed by atoms with Crippen molar-refractivity contribution in [1.82, 2.24) is 9.78 Å². The predicted molar refractivity (Wildman–Crippen MR) is 68.7 cm³/mol. The molecule has 1 aliphatic heterocycles. The van der Waals surface area contributed by atoms with Crippen LogP contribution in [0.3, 0.4) is 0 Å². The molecule has 0 amide bonds. The molecule has 1 fully saturated rings. The van der Waals surface area contributed by atoms with Crippen LogP contribution in [0.25, 0.3) is 0 Å². The van der Waals surface area contributed by atoms with Crippen molar-refractivity contribution in [2.45, 2.75) is 44.8 Å². The van der Waals surface area contributed by atoms with Gasteiger partial charge < -0.3 is 13.9 Å². The second-order valence-electron chi connectivity index (χ2n) is 5.35. The van der Waals surface area contributed by atoms with E-state index in [1.54, 1.807) is 12.4 Å². The van der Waals surface area contributed by atoms with Gasteiger partial charge in [-0.1, -0.05) is 0 Å². The molecule has 1 atom stereocenters. The minimum Gasteiger partial charge on any atom is -0.399 e. The maximum Gasteiger partial charge on any atom is 0.498 e. The van der Waals surface area contributed by atoms with Crippen LogP contribution in [0.15, 0.2) is 12.4 Å². The van der Waals surface area contributed by atoms with E-state index in [0.29, 0.717) is 0 Å². The molecule has 1 unspecified atom stereocenters. The minimum absolute atomic E-state index is 0.0560.